The zero-order valence-corrected chi connectivity index (χ0v) is 15.8. The molecule has 0 aromatic carbocycles. The molecular formula is C18H26N4O2S. The van der Waals surface area contributed by atoms with Crippen molar-refractivity contribution >= 4 is 23.2 Å². The highest BCUT2D eigenvalue weighted by molar-refractivity contribution is 7.09. The predicted molar refractivity (Wildman–Crippen MR) is 96.0 cm³/mol. The summed E-state index contributed by atoms with van der Waals surface area (Å²) in [5, 5.41) is 3.20. The van der Waals surface area contributed by atoms with Gasteiger partial charge in [0.1, 0.15) is 5.01 Å². The molecule has 2 aliphatic heterocycles. The minimum atomic E-state index is -0.130. The van der Waals surface area contributed by atoms with Crippen LogP contribution in [0.4, 0.5) is 0 Å². The Morgan fingerprint density at radius 3 is 2.80 bits per heavy atom. The second-order valence-electron chi connectivity index (χ2n) is 7.92. The van der Waals surface area contributed by atoms with Crippen molar-refractivity contribution in [2.45, 2.75) is 38.3 Å². The molecule has 2 atom stereocenters. The number of likely N-dealkylation sites (tertiary alicyclic amines) is 2. The van der Waals surface area contributed by atoms with Crippen LogP contribution in [0.5, 0.6) is 0 Å². The Morgan fingerprint density at radius 2 is 2.20 bits per heavy atom. The first-order valence-corrected chi connectivity index (χ1v) is 9.98. The van der Waals surface area contributed by atoms with Gasteiger partial charge in [0.15, 0.2) is 0 Å². The highest BCUT2D eigenvalue weighted by atomic mass is 32.1. The van der Waals surface area contributed by atoms with Crippen molar-refractivity contribution in [3.63, 3.8) is 0 Å². The molecule has 1 saturated carbocycles. The summed E-state index contributed by atoms with van der Waals surface area (Å²) in [5.74, 6) is 0.146. The largest absolute Gasteiger partial charge is 0.345 e. The molecule has 2 amide bonds. The van der Waals surface area contributed by atoms with Crippen LogP contribution in [0.25, 0.3) is 0 Å². The normalized spacial score (nSPS) is 28.2. The second kappa shape index (κ2) is 6.36. The Labute approximate surface area is 152 Å². The van der Waals surface area contributed by atoms with E-state index in [0.29, 0.717) is 24.4 Å². The SMILES string of the molecule is CN1CC(C(=O)N2CCC3(CC2)CC3N(C)Cc2nccs2)CC1=O. The maximum absolute atomic E-state index is 12.7. The van der Waals surface area contributed by atoms with Crippen LogP contribution < -0.4 is 0 Å². The summed E-state index contributed by atoms with van der Waals surface area (Å²) in [6.07, 6.45) is 5.66. The first-order chi connectivity index (χ1) is 12.0. The van der Waals surface area contributed by atoms with Gasteiger partial charge in [-0.2, -0.15) is 0 Å². The Morgan fingerprint density at radius 1 is 1.44 bits per heavy atom. The lowest BCUT2D eigenvalue weighted by Gasteiger charge is -2.35. The number of amides is 2. The number of rotatable bonds is 4. The van der Waals surface area contributed by atoms with E-state index in [2.05, 4.69) is 16.9 Å². The van der Waals surface area contributed by atoms with Gasteiger partial charge in [0, 0.05) is 50.7 Å². The van der Waals surface area contributed by atoms with Crippen LogP contribution in [0.2, 0.25) is 0 Å². The van der Waals surface area contributed by atoms with Gasteiger partial charge in [-0.25, -0.2) is 4.98 Å². The maximum atomic E-state index is 12.7. The van der Waals surface area contributed by atoms with Crippen molar-refractivity contribution < 1.29 is 9.59 Å². The molecule has 136 valence electrons. The van der Waals surface area contributed by atoms with Crippen LogP contribution >= 0.6 is 11.3 Å². The molecule has 3 fully saturated rings. The zero-order chi connectivity index (χ0) is 17.6. The monoisotopic (exact) mass is 362 g/mol. The lowest BCUT2D eigenvalue weighted by atomic mass is 9.91. The third kappa shape index (κ3) is 3.19. The molecular weight excluding hydrogens is 336 g/mol. The molecule has 25 heavy (non-hydrogen) atoms. The number of hydrogen-bond acceptors (Lipinski definition) is 5. The van der Waals surface area contributed by atoms with Gasteiger partial charge < -0.3 is 9.80 Å². The van der Waals surface area contributed by atoms with E-state index in [1.807, 2.05) is 16.5 Å². The van der Waals surface area contributed by atoms with Crippen molar-refractivity contribution in [3.05, 3.63) is 16.6 Å². The van der Waals surface area contributed by atoms with Crippen molar-refractivity contribution in [1.82, 2.24) is 19.7 Å². The summed E-state index contributed by atoms with van der Waals surface area (Å²) in [5.41, 5.74) is 0.394. The number of thiazole rings is 1. The minimum Gasteiger partial charge on any atom is -0.345 e. The van der Waals surface area contributed by atoms with Crippen LogP contribution in [0.15, 0.2) is 11.6 Å². The predicted octanol–water partition coefficient (Wildman–Crippen LogP) is 1.43. The van der Waals surface area contributed by atoms with E-state index in [0.717, 1.165) is 32.5 Å². The molecule has 0 N–H and O–H groups in total. The number of aromatic nitrogens is 1. The minimum absolute atomic E-state index is 0.0953. The molecule has 6 nitrogen and oxygen atoms in total. The Kier molecular flexibility index (Phi) is 4.32. The first kappa shape index (κ1) is 17.0. The third-order valence-electron chi connectivity index (χ3n) is 6.31. The lowest BCUT2D eigenvalue weighted by Crippen LogP contribution is -2.44. The van der Waals surface area contributed by atoms with E-state index in [1.54, 1.807) is 23.3 Å². The van der Waals surface area contributed by atoms with E-state index >= 15 is 0 Å². The van der Waals surface area contributed by atoms with Gasteiger partial charge in [0.05, 0.1) is 12.5 Å². The lowest BCUT2D eigenvalue weighted by molar-refractivity contribution is -0.137. The van der Waals surface area contributed by atoms with Gasteiger partial charge in [0.2, 0.25) is 11.8 Å². The standard InChI is InChI=1S/C18H26N4O2S/c1-20(12-15-19-5-8-25-15)14-10-18(14)3-6-22(7-4-18)17(24)13-9-16(23)21(2)11-13/h5,8,13-14H,3-4,6-7,9-12H2,1-2H3. The van der Waals surface area contributed by atoms with Crippen LogP contribution in [-0.4, -0.2) is 71.3 Å². The Hall–Kier alpha value is -1.47. The fourth-order valence-corrected chi connectivity index (χ4v) is 5.28. The summed E-state index contributed by atoms with van der Waals surface area (Å²) < 4.78 is 0. The van der Waals surface area contributed by atoms with Gasteiger partial charge in [-0.15, -0.1) is 11.3 Å². The molecule has 1 aromatic heterocycles. The highest BCUT2D eigenvalue weighted by Gasteiger charge is 2.57. The van der Waals surface area contributed by atoms with E-state index in [9.17, 15) is 9.59 Å². The van der Waals surface area contributed by atoms with Crippen molar-refractivity contribution in [2.24, 2.45) is 11.3 Å². The summed E-state index contributed by atoms with van der Waals surface area (Å²) in [6.45, 7) is 3.19. The van der Waals surface area contributed by atoms with E-state index < -0.39 is 0 Å². The third-order valence-corrected chi connectivity index (χ3v) is 7.07. The number of nitrogens with zero attached hydrogens (tertiary/aromatic N) is 4. The quantitative estimate of drug-likeness (QED) is 0.813. The van der Waals surface area contributed by atoms with Gasteiger partial charge >= 0.3 is 0 Å². The molecule has 0 radical (unpaired) electrons. The average molecular weight is 362 g/mol. The molecule has 2 unspecified atom stereocenters. The van der Waals surface area contributed by atoms with Crippen LogP contribution in [0.3, 0.4) is 0 Å². The number of carbonyl (C=O) groups excluding carboxylic acids is 2. The smallest absolute Gasteiger partial charge is 0.227 e. The molecule has 1 aliphatic carbocycles. The molecule has 7 heteroatoms. The topological polar surface area (TPSA) is 56.8 Å². The Balaban J connectivity index is 1.29. The average Bonchev–Trinajstić information content (AvgIpc) is 2.92. The van der Waals surface area contributed by atoms with Crippen molar-refractivity contribution in [3.8, 4) is 0 Å². The number of hydrogen-bond donors (Lipinski definition) is 0. The molecule has 4 rings (SSSR count). The van der Waals surface area contributed by atoms with Gasteiger partial charge in [0.25, 0.3) is 0 Å². The molecule has 0 bridgehead atoms. The van der Waals surface area contributed by atoms with E-state index in [4.69, 9.17) is 0 Å². The Bertz CT molecular complexity index is 654. The summed E-state index contributed by atoms with van der Waals surface area (Å²) in [7, 11) is 3.98. The van der Waals surface area contributed by atoms with Crippen molar-refractivity contribution in [2.75, 3.05) is 33.7 Å². The van der Waals surface area contributed by atoms with E-state index in [1.165, 1.54) is 11.4 Å². The van der Waals surface area contributed by atoms with E-state index in [-0.39, 0.29) is 17.7 Å². The molecule has 3 heterocycles. The molecule has 1 aromatic rings. The first-order valence-electron chi connectivity index (χ1n) is 9.10. The van der Waals surface area contributed by atoms with Gasteiger partial charge in [-0.05, 0) is 31.7 Å². The van der Waals surface area contributed by atoms with Gasteiger partial charge in [-0.1, -0.05) is 0 Å². The molecule has 1 spiro atoms. The fraction of sp³-hybridized carbons (Fsp3) is 0.722. The summed E-state index contributed by atoms with van der Waals surface area (Å²) in [6, 6.07) is 0.618. The maximum Gasteiger partial charge on any atom is 0.227 e. The van der Waals surface area contributed by atoms with Crippen LogP contribution in [0, 0.1) is 11.3 Å². The highest BCUT2D eigenvalue weighted by Crippen LogP contribution is 2.56. The molecule has 2 saturated heterocycles. The number of piperidine rings is 1. The zero-order valence-electron chi connectivity index (χ0n) is 15.0. The van der Waals surface area contributed by atoms with Crippen molar-refractivity contribution in [1.29, 1.82) is 0 Å². The van der Waals surface area contributed by atoms with Crippen LogP contribution in [0.1, 0.15) is 30.7 Å². The summed E-state index contributed by atoms with van der Waals surface area (Å²) in [4.78, 5) is 34.9. The van der Waals surface area contributed by atoms with Gasteiger partial charge in [-0.3, -0.25) is 14.5 Å². The summed E-state index contributed by atoms with van der Waals surface area (Å²) >= 11 is 1.71. The molecule has 3 aliphatic rings. The fourth-order valence-electron chi connectivity index (χ4n) is 4.60. The number of carbonyl (C=O) groups is 2. The second-order valence-corrected chi connectivity index (χ2v) is 8.90. The van der Waals surface area contributed by atoms with Crippen LogP contribution in [-0.2, 0) is 16.1 Å².